The van der Waals surface area contributed by atoms with Gasteiger partial charge in [0.05, 0.1) is 6.04 Å². The molecule has 12 heteroatoms. The lowest BCUT2D eigenvalue weighted by atomic mass is 10.00. The normalized spacial score (nSPS) is 14.1. The first kappa shape index (κ1) is 32.5. The Morgan fingerprint density at radius 3 is 1.97 bits per heavy atom. The molecule has 0 aromatic heterocycles. The molecule has 0 heterocycles. The summed E-state index contributed by atoms with van der Waals surface area (Å²) in [6, 6.07) is 4.66. The Labute approximate surface area is 223 Å². The second-order valence-corrected chi connectivity index (χ2v) is 9.74. The van der Waals surface area contributed by atoms with Gasteiger partial charge in [0, 0.05) is 12.8 Å². The zero-order valence-electron chi connectivity index (χ0n) is 22.2. The van der Waals surface area contributed by atoms with Gasteiger partial charge >= 0.3 is 5.97 Å². The number of hydrogen-bond acceptors (Lipinski definition) is 7. The summed E-state index contributed by atoms with van der Waals surface area (Å²) in [4.78, 5) is 61.8. The summed E-state index contributed by atoms with van der Waals surface area (Å²) in [5, 5.41) is 17.4. The van der Waals surface area contributed by atoms with Crippen molar-refractivity contribution < 1.29 is 29.1 Å². The summed E-state index contributed by atoms with van der Waals surface area (Å²) in [7, 11) is 0. The molecule has 0 aliphatic heterocycles. The van der Waals surface area contributed by atoms with Gasteiger partial charge in [-0.05, 0) is 50.1 Å². The quantitative estimate of drug-likeness (QED) is 0.122. The molecule has 1 aromatic carbocycles. The van der Waals surface area contributed by atoms with Crippen molar-refractivity contribution in [2.24, 2.45) is 23.1 Å². The first-order chi connectivity index (χ1) is 17.9. The number of amides is 4. The van der Waals surface area contributed by atoms with Crippen LogP contribution in [0.2, 0.25) is 0 Å². The summed E-state index contributed by atoms with van der Waals surface area (Å²) in [5.74, 6) is -3.66. The maximum absolute atomic E-state index is 13.3. The predicted octanol–water partition coefficient (Wildman–Crippen LogP) is -0.464. The van der Waals surface area contributed by atoms with Crippen molar-refractivity contribution in [3.63, 3.8) is 0 Å². The van der Waals surface area contributed by atoms with E-state index >= 15 is 0 Å². The number of primary amides is 1. The lowest BCUT2D eigenvalue weighted by Crippen LogP contribution is -2.57. The van der Waals surface area contributed by atoms with Crippen LogP contribution < -0.4 is 33.2 Å². The van der Waals surface area contributed by atoms with Crippen LogP contribution in [-0.2, 0) is 30.4 Å². The van der Waals surface area contributed by atoms with E-state index in [0.29, 0.717) is 19.4 Å². The summed E-state index contributed by atoms with van der Waals surface area (Å²) < 4.78 is 0. The number of hydrogen-bond donors (Lipinski definition) is 7. The van der Waals surface area contributed by atoms with E-state index in [1.807, 2.05) is 19.9 Å². The van der Waals surface area contributed by atoms with E-state index in [2.05, 4.69) is 16.0 Å². The van der Waals surface area contributed by atoms with Crippen molar-refractivity contribution in [2.75, 3.05) is 6.54 Å². The van der Waals surface area contributed by atoms with Gasteiger partial charge in [0.2, 0.25) is 23.6 Å². The zero-order chi connectivity index (χ0) is 28.7. The van der Waals surface area contributed by atoms with E-state index in [9.17, 15) is 29.1 Å². The first-order valence-corrected chi connectivity index (χ1v) is 12.9. The minimum Gasteiger partial charge on any atom is -0.480 e. The number of nitrogens with two attached hydrogens (primary N) is 3. The van der Waals surface area contributed by atoms with Crippen molar-refractivity contribution in [2.45, 2.75) is 83.0 Å². The van der Waals surface area contributed by atoms with Gasteiger partial charge in [-0.2, -0.15) is 0 Å². The monoisotopic (exact) mass is 534 g/mol. The van der Waals surface area contributed by atoms with Crippen molar-refractivity contribution in [3.05, 3.63) is 35.9 Å². The molecule has 0 saturated heterocycles. The van der Waals surface area contributed by atoms with Gasteiger partial charge in [-0.1, -0.05) is 44.2 Å². The fraction of sp³-hybridized carbons (Fsp3) is 0.577. The number of carbonyl (C=O) groups is 5. The molecule has 0 aliphatic carbocycles. The highest BCUT2D eigenvalue weighted by atomic mass is 16.4. The van der Waals surface area contributed by atoms with Crippen LogP contribution in [0.3, 0.4) is 0 Å². The van der Waals surface area contributed by atoms with Crippen molar-refractivity contribution in [1.82, 2.24) is 16.0 Å². The smallest absolute Gasteiger partial charge is 0.326 e. The second-order valence-electron chi connectivity index (χ2n) is 9.74. The fourth-order valence-corrected chi connectivity index (χ4v) is 3.76. The molecule has 0 saturated carbocycles. The number of carbonyl (C=O) groups excluding carboxylic acids is 4. The topological polar surface area (TPSA) is 220 Å². The fourth-order valence-electron chi connectivity index (χ4n) is 3.76. The average molecular weight is 535 g/mol. The van der Waals surface area contributed by atoms with Crippen LogP contribution in [0.15, 0.2) is 30.3 Å². The van der Waals surface area contributed by atoms with Crippen molar-refractivity contribution in [3.8, 4) is 0 Å². The van der Waals surface area contributed by atoms with Gasteiger partial charge in [0.1, 0.15) is 18.1 Å². The molecular weight excluding hydrogens is 492 g/mol. The second kappa shape index (κ2) is 17.1. The van der Waals surface area contributed by atoms with Gasteiger partial charge in [0.15, 0.2) is 0 Å². The van der Waals surface area contributed by atoms with E-state index in [-0.39, 0.29) is 38.0 Å². The summed E-state index contributed by atoms with van der Waals surface area (Å²) in [5.41, 5.74) is 17.2. The van der Waals surface area contributed by atoms with Gasteiger partial charge in [-0.3, -0.25) is 19.2 Å². The highest BCUT2D eigenvalue weighted by Crippen LogP contribution is 2.10. The van der Waals surface area contributed by atoms with E-state index in [1.165, 1.54) is 0 Å². The van der Waals surface area contributed by atoms with E-state index in [1.54, 1.807) is 24.3 Å². The first-order valence-electron chi connectivity index (χ1n) is 12.9. The standard InChI is InChI=1S/C26H42N6O6/c1-16(2)14-20(31-23(34)18(28)11-12-22(29)33)24(35)32-21(15-17-8-4-3-5-9-17)25(36)30-19(26(37)38)10-6-7-13-27/h3-5,8-9,16,18-21H,6-7,10-15,27-28H2,1-2H3,(H2,29,33)(H,30,36)(H,31,34)(H,32,35)(H,37,38). The Balaban J connectivity index is 3.07. The molecule has 38 heavy (non-hydrogen) atoms. The third-order valence-corrected chi connectivity index (χ3v) is 5.86. The summed E-state index contributed by atoms with van der Waals surface area (Å²) in [6.07, 6.45) is 1.63. The third-order valence-electron chi connectivity index (χ3n) is 5.86. The molecule has 4 unspecified atom stereocenters. The van der Waals surface area contributed by atoms with Gasteiger partial charge < -0.3 is 38.3 Å². The molecular formula is C26H42N6O6. The molecule has 10 N–H and O–H groups in total. The Kier molecular flexibility index (Phi) is 14.6. The molecule has 12 nitrogen and oxygen atoms in total. The highest BCUT2D eigenvalue weighted by Gasteiger charge is 2.30. The Hall–Kier alpha value is -3.51. The van der Waals surface area contributed by atoms with Gasteiger partial charge in [-0.25, -0.2) is 4.79 Å². The molecule has 1 rings (SSSR count). The van der Waals surface area contributed by atoms with Crippen LogP contribution >= 0.6 is 0 Å². The largest absolute Gasteiger partial charge is 0.480 e. The minimum atomic E-state index is -1.19. The highest BCUT2D eigenvalue weighted by molar-refractivity contribution is 5.94. The molecule has 1 aromatic rings. The number of unbranched alkanes of at least 4 members (excludes halogenated alkanes) is 1. The molecule has 0 spiro atoms. The number of benzene rings is 1. The van der Waals surface area contributed by atoms with Crippen LogP contribution in [0.1, 0.15) is 57.9 Å². The summed E-state index contributed by atoms with van der Waals surface area (Å²) in [6.45, 7) is 4.14. The molecule has 4 amide bonds. The minimum absolute atomic E-state index is 0.00762. The maximum Gasteiger partial charge on any atom is 0.326 e. The Morgan fingerprint density at radius 2 is 1.42 bits per heavy atom. The van der Waals surface area contributed by atoms with Crippen LogP contribution in [0.4, 0.5) is 0 Å². The van der Waals surface area contributed by atoms with E-state index in [4.69, 9.17) is 17.2 Å². The molecule has 0 aliphatic rings. The molecule has 212 valence electrons. The Bertz CT molecular complexity index is 926. The lowest BCUT2D eigenvalue weighted by molar-refractivity contribution is -0.142. The van der Waals surface area contributed by atoms with E-state index in [0.717, 1.165) is 5.56 Å². The molecule has 0 bridgehead atoms. The SMILES string of the molecule is CC(C)CC(NC(=O)C(N)CCC(N)=O)C(=O)NC(Cc1ccccc1)C(=O)NC(CCCCN)C(=O)O. The molecule has 0 radical (unpaired) electrons. The van der Waals surface area contributed by atoms with Crippen molar-refractivity contribution >= 4 is 29.6 Å². The molecule has 0 fully saturated rings. The predicted molar refractivity (Wildman–Crippen MR) is 142 cm³/mol. The lowest BCUT2D eigenvalue weighted by Gasteiger charge is -2.26. The van der Waals surface area contributed by atoms with Gasteiger partial charge in [-0.15, -0.1) is 0 Å². The number of carboxylic acids is 1. The van der Waals surface area contributed by atoms with Crippen LogP contribution in [0.25, 0.3) is 0 Å². The summed E-state index contributed by atoms with van der Waals surface area (Å²) >= 11 is 0. The zero-order valence-corrected chi connectivity index (χ0v) is 22.2. The number of nitrogens with one attached hydrogen (secondary N) is 3. The maximum atomic E-state index is 13.3. The third kappa shape index (κ3) is 12.6. The van der Waals surface area contributed by atoms with Crippen LogP contribution in [0, 0.1) is 5.92 Å². The Morgan fingerprint density at radius 1 is 0.842 bits per heavy atom. The van der Waals surface area contributed by atoms with Crippen LogP contribution in [-0.4, -0.2) is 65.4 Å². The average Bonchev–Trinajstić information content (AvgIpc) is 2.85. The van der Waals surface area contributed by atoms with E-state index < -0.39 is 53.8 Å². The number of rotatable bonds is 18. The van der Waals surface area contributed by atoms with Gasteiger partial charge in [0.25, 0.3) is 0 Å². The molecule has 4 atom stereocenters. The van der Waals surface area contributed by atoms with Crippen molar-refractivity contribution in [1.29, 1.82) is 0 Å². The number of carboxylic acid groups (broad SMARTS) is 1. The number of aliphatic carboxylic acids is 1. The van der Waals surface area contributed by atoms with Crippen LogP contribution in [0.5, 0.6) is 0 Å².